The Kier molecular flexibility index (Phi) is 5.26. The number of benzene rings is 1. The second kappa shape index (κ2) is 6.73. The Hall–Kier alpha value is -1.78. The van der Waals surface area contributed by atoms with Gasteiger partial charge in [0, 0.05) is 5.02 Å². The average molecular weight is 254 g/mol. The number of carboxylic acids is 1. The van der Waals surface area contributed by atoms with Gasteiger partial charge < -0.3 is 5.11 Å². The van der Waals surface area contributed by atoms with Crippen LogP contribution in [0.3, 0.4) is 0 Å². The SMILES string of the molecule is C=C(NOCC=Cc1cccc(Cl)c1)C(=O)O. The third-order valence-corrected chi connectivity index (χ3v) is 2.03. The molecule has 0 aromatic heterocycles. The first-order valence-electron chi connectivity index (χ1n) is 4.81. The van der Waals surface area contributed by atoms with Crippen LogP contribution in [0.1, 0.15) is 5.56 Å². The van der Waals surface area contributed by atoms with Crippen molar-refractivity contribution in [1.82, 2.24) is 5.48 Å². The molecule has 0 aliphatic carbocycles. The largest absolute Gasteiger partial charge is 0.477 e. The Morgan fingerprint density at radius 1 is 1.59 bits per heavy atom. The standard InChI is InChI=1S/C12H12ClNO3/c1-9(12(15)16)14-17-7-3-5-10-4-2-6-11(13)8-10/h2-6,8,14H,1,7H2,(H,15,16). The minimum Gasteiger partial charge on any atom is -0.477 e. The van der Waals surface area contributed by atoms with Crippen molar-refractivity contribution in [3.8, 4) is 0 Å². The Labute approximate surface area is 104 Å². The highest BCUT2D eigenvalue weighted by Gasteiger charge is 2.00. The minimum absolute atomic E-state index is 0.207. The Morgan fingerprint density at radius 3 is 3.00 bits per heavy atom. The van der Waals surface area contributed by atoms with Gasteiger partial charge in [-0.2, -0.15) is 0 Å². The molecule has 1 aromatic carbocycles. The molecule has 0 spiro atoms. The lowest BCUT2D eigenvalue weighted by Gasteiger charge is -2.02. The number of hydrogen-bond acceptors (Lipinski definition) is 3. The zero-order chi connectivity index (χ0) is 12.7. The van der Waals surface area contributed by atoms with Gasteiger partial charge in [0.05, 0.1) is 6.61 Å². The van der Waals surface area contributed by atoms with E-state index in [9.17, 15) is 4.79 Å². The zero-order valence-electron chi connectivity index (χ0n) is 9.02. The van der Waals surface area contributed by atoms with Crippen molar-refractivity contribution in [3.63, 3.8) is 0 Å². The third-order valence-electron chi connectivity index (χ3n) is 1.79. The van der Waals surface area contributed by atoms with Gasteiger partial charge in [0.1, 0.15) is 5.70 Å². The van der Waals surface area contributed by atoms with Crippen LogP contribution >= 0.6 is 11.6 Å². The lowest BCUT2D eigenvalue weighted by molar-refractivity contribution is -0.134. The molecule has 1 aromatic rings. The van der Waals surface area contributed by atoms with Gasteiger partial charge in [0.25, 0.3) is 0 Å². The average Bonchev–Trinajstić information content (AvgIpc) is 2.28. The molecule has 0 heterocycles. The van der Waals surface area contributed by atoms with Gasteiger partial charge in [-0.1, -0.05) is 42.5 Å². The van der Waals surface area contributed by atoms with Crippen LogP contribution in [-0.2, 0) is 9.63 Å². The number of rotatable bonds is 6. The molecule has 90 valence electrons. The summed E-state index contributed by atoms with van der Waals surface area (Å²) in [4.78, 5) is 15.2. The number of hydrogen-bond donors (Lipinski definition) is 2. The molecule has 0 unspecified atom stereocenters. The summed E-state index contributed by atoms with van der Waals surface area (Å²) in [6.45, 7) is 3.47. The first-order chi connectivity index (χ1) is 8.09. The van der Waals surface area contributed by atoms with E-state index in [-0.39, 0.29) is 12.3 Å². The normalized spacial score (nSPS) is 10.4. The van der Waals surface area contributed by atoms with Crippen molar-refractivity contribution < 1.29 is 14.7 Å². The van der Waals surface area contributed by atoms with Crippen LogP contribution in [0.5, 0.6) is 0 Å². The number of hydroxylamine groups is 1. The van der Waals surface area contributed by atoms with Gasteiger partial charge in [-0.05, 0) is 17.7 Å². The smallest absolute Gasteiger partial charge is 0.353 e. The monoisotopic (exact) mass is 253 g/mol. The van der Waals surface area contributed by atoms with Crippen LogP contribution in [0.25, 0.3) is 6.08 Å². The lowest BCUT2D eigenvalue weighted by atomic mass is 10.2. The minimum atomic E-state index is -1.15. The number of aliphatic carboxylic acids is 1. The van der Waals surface area contributed by atoms with E-state index in [1.165, 1.54) is 0 Å². The van der Waals surface area contributed by atoms with Crippen LogP contribution in [0.15, 0.2) is 42.6 Å². The maximum absolute atomic E-state index is 10.3. The maximum atomic E-state index is 10.3. The van der Waals surface area contributed by atoms with Gasteiger partial charge in [0.15, 0.2) is 0 Å². The topological polar surface area (TPSA) is 58.6 Å². The Morgan fingerprint density at radius 2 is 2.35 bits per heavy atom. The van der Waals surface area contributed by atoms with E-state index in [1.807, 2.05) is 24.3 Å². The van der Waals surface area contributed by atoms with Gasteiger partial charge in [0.2, 0.25) is 0 Å². The van der Waals surface area contributed by atoms with Gasteiger partial charge in [-0.15, -0.1) is 0 Å². The van der Waals surface area contributed by atoms with E-state index < -0.39 is 5.97 Å². The van der Waals surface area contributed by atoms with E-state index in [4.69, 9.17) is 21.5 Å². The van der Waals surface area contributed by atoms with E-state index in [0.717, 1.165) is 5.56 Å². The highest BCUT2D eigenvalue weighted by atomic mass is 35.5. The summed E-state index contributed by atoms with van der Waals surface area (Å²) < 4.78 is 0. The fourth-order valence-corrected chi connectivity index (χ4v) is 1.21. The molecular weight excluding hydrogens is 242 g/mol. The van der Waals surface area contributed by atoms with Crippen molar-refractivity contribution in [2.24, 2.45) is 0 Å². The lowest BCUT2D eigenvalue weighted by Crippen LogP contribution is -2.19. The molecule has 0 atom stereocenters. The molecule has 0 saturated heterocycles. The fraction of sp³-hybridized carbons (Fsp3) is 0.0833. The highest BCUT2D eigenvalue weighted by molar-refractivity contribution is 6.30. The molecule has 0 radical (unpaired) electrons. The molecule has 0 amide bonds. The molecule has 4 nitrogen and oxygen atoms in total. The molecule has 17 heavy (non-hydrogen) atoms. The van der Waals surface area contributed by atoms with Crippen molar-refractivity contribution in [2.45, 2.75) is 0 Å². The van der Waals surface area contributed by atoms with E-state index >= 15 is 0 Å². The molecular formula is C12H12ClNO3. The molecule has 0 aliphatic heterocycles. The summed E-state index contributed by atoms with van der Waals surface area (Å²) in [5.74, 6) is -1.15. The van der Waals surface area contributed by atoms with E-state index in [0.29, 0.717) is 5.02 Å². The Balaban J connectivity index is 2.32. The number of halogens is 1. The quantitative estimate of drug-likeness (QED) is 0.465. The molecule has 0 aliphatic rings. The third kappa shape index (κ3) is 5.19. The predicted octanol–water partition coefficient (Wildman–Crippen LogP) is 2.47. The highest BCUT2D eigenvalue weighted by Crippen LogP contribution is 2.11. The summed E-state index contributed by atoms with van der Waals surface area (Å²) >= 11 is 5.81. The Bertz CT molecular complexity index is 443. The van der Waals surface area contributed by atoms with Crippen molar-refractivity contribution in [2.75, 3.05) is 6.61 Å². The first kappa shape index (κ1) is 13.3. The van der Waals surface area contributed by atoms with Crippen LogP contribution < -0.4 is 5.48 Å². The number of carbonyl (C=O) groups is 1. The number of nitrogens with one attached hydrogen (secondary N) is 1. The summed E-state index contributed by atoms with van der Waals surface area (Å²) in [5.41, 5.74) is 2.94. The second-order valence-electron chi connectivity index (χ2n) is 3.15. The molecule has 2 N–H and O–H groups in total. The number of carboxylic acid groups (broad SMARTS) is 1. The predicted molar refractivity (Wildman–Crippen MR) is 66.3 cm³/mol. The van der Waals surface area contributed by atoms with Crippen molar-refractivity contribution in [3.05, 3.63) is 53.2 Å². The molecule has 5 heteroatoms. The first-order valence-corrected chi connectivity index (χ1v) is 5.19. The van der Waals surface area contributed by atoms with Crippen molar-refractivity contribution >= 4 is 23.6 Å². The van der Waals surface area contributed by atoms with Gasteiger partial charge >= 0.3 is 5.97 Å². The molecule has 0 fully saturated rings. The molecule has 1 rings (SSSR count). The zero-order valence-corrected chi connectivity index (χ0v) is 9.78. The summed E-state index contributed by atoms with van der Waals surface area (Å²) in [6.07, 6.45) is 3.55. The maximum Gasteiger partial charge on any atom is 0.353 e. The van der Waals surface area contributed by atoms with Crippen LogP contribution in [0.2, 0.25) is 5.02 Å². The van der Waals surface area contributed by atoms with Crippen molar-refractivity contribution in [1.29, 1.82) is 0 Å². The van der Waals surface area contributed by atoms with E-state index in [1.54, 1.807) is 12.1 Å². The van der Waals surface area contributed by atoms with Crippen LogP contribution in [0.4, 0.5) is 0 Å². The van der Waals surface area contributed by atoms with Crippen LogP contribution in [0, 0.1) is 0 Å². The summed E-state index contributed by atoms with van der Waals surface area (Å²) in [6, 6.07) is 7.33. The molecule has 0 bridgehead atoms. The fourth-order valence-electron chi connectivity index (χ4n) is 1.02. The second-order valence-corrected chi connectivity index (χ2v) is 3.59. The van der Waals surface area contributed by atoms with Gasteiger partial charge in [-0.3, -0.25) is 10.3 Å². The van der Waals surface area contributed by atoms with Crippen LogP contribution in [-0.4, -0.2) is 17.7 Å². The van der Waals surface area contributed by atoms with Gasteiger partial charge in [-0.25, -0.2) is 4.79 Å². The van der Waals surface area contributed by atoms with E-state index in [2.05, 4.69) is 12.1 Å². The summed E-state index contributed by atoms with van der Waals surface area (Å²) in [5, 5.41) is 9.13. The molecule has 0 saturated carbocycles. The summed E-state index contributed by atoms with van der Waals surface area (Å²) in [7, 11) is 0.